The molecule has 0 spiro atoms. The third-order valence-electron chi connectivity index (χ3n) is 6.71. The zero-order chi connectivity index (χ0) is 28.9. The summed E-state index contributed by atoms with van der Waals surface area (Å²) in [7, 11) is -8.52. The number of piperidine rings is 1. The first kappa shape index (κ1) is 29.9. The number of rotatable bonds is 5. The molecule has 0 unspecified atom stereocenters. The average Bonchev–Trinajstić information content (AvgIpc) is 2.81. The van der Waals surface area contributed by atoms with Gasteiger partial charge in [-0.25, -0.2) is 21.8 Å². The highest BCUT2D eigenvalue weighted by Crippen LogP contribution is 2.40. The summed E-state index contributed by atoms with van der Waals surface area (Å²) < 4.78 is 128. The fraction of sp³-hybridized carbons (Fsp3) is 0.478. The van der Waals surface area contributed by atoms with E-state index in [0.717, 1.165) is 23.1 Å². The van der Waals surface area contributed by atoms with Crippen LogP contribution in [0.3, 0.4) is 0 Å². The molecule has 2 aromatic rings. The van der Waals surface area contributed by atoms with Gasteiger partial charge in [0.1, 0.15) is 5.69 Å². The number of carbonyl (C=O) groups is 1. The lowest BCUT2D eigenvalue weighted by molar-refractivity contribution is -0.138. The number of aromatic nitrogens is 1. The third-order valence-corrected chi connectivity index (χ3v) is 10.4. The fourth-order valence-electron chi connectivity index (χ4n) is 4.33. The molecule has 2 heterocycles. The predicted molar refractivity (Wildman–Crippen MR) is 124 cm³/mol. The molecule has 0 atom stereocenters. The highest BCUT2D eigenvalue weighted by Gasteiger charge is 2.45. The van der Waals surface area contributed by atoms with Gasteiger partial charge in [-0.05, 0) is 56.9 Å². The maximum Gasteiger partial charge on any atom is 0.417 e. The minimum absolute atomic E-state index is 0.0725. The highest BCUT2D eigenvalue weighted by molar-refractivity contribution is 7.92. The number of nitrogens with zero attached hydrogens (tertiary/aromatic N) is 2. The molecule has 1 aromatic heterocycles. The van der Waals surface area contributed by atoms with Gasteiger partial charge in [0.15, 0.2) is 19.7 Å². The molecule has 0 radical (unpaired) electrons. The zero-order valence-corrected chi connectivity index (χ0v) is 22.0. The van der Waals surface area contributed by atoms with E-state index in [0.29, 0.717) is 24.6 Å². The Labute approximate surface area is 215 Å². The number of likely N-dealkylation sites (tertiary alicyclic amines) is 1. The fourth-order valence-corrected chi connectivity index (χ4v) is 6.99. The van der Waals surface area contributed by atoms with Crippen LogP contribution in [-0.2, 0) is 32.0 Å². The van der Waals surface area contributed by atoms with E-state index in [2.05, 4.69) is 4.98 Å². The summed E-state index contributed by atoms with van der Waals surface area (Å²) in [6, 6.07) is 3.75. The summed E-state index contributed by atoms with van der Waals surface area (Å²) in [5.41, 5.74) is -3.13. The molecule has 0 N–H and O–H groups in total. The molecule has 3 rings (SSSR count). The van der Waals surface area contributed by atoms with E-state index in [4.69, 9.17) is 0 Å². The van der Waals surface area contributed by atoms with Gasteiger partial charge in [0.2, 0.25) is 0 Å². The Morgan fingerprint density at radius 2 is 1.47 bits per heavy atom. The molecule has 38 heavy (non-hydrogen) atoms. The maximum atomic E-state index is 13.3. The van der Waals surface area contributed by atoms with Crippen molar-refractivity contribution in [2.75, 3.05) is 19.3 Å². The first-order chi connectivity index (χ1) is 17.2. The predicted octanol–water partition coefficient (Wildman–Crippen LogP) is 4.63. The number of halogens is 6. The molecule has 0 aliphatic carbocycles. The van der Waals surface area contributed by atoms with Crippen molar-refractivity contribution < 1.29 is 48.0 Å². The number of pyridine rings is 1. The van der Waals surface area contributed by atoms with E-state index in [9.17, 15) is 48.0 Å². The SMILES string of the molecule is CC(C)(C1CCN(C(=O)c2ncc(C(F)(F)F)cc2S(C)(=O)=O)CC1)S(=O)(=O)c1cccc(C(F)(F)F)c1. The number of carbonyl (C=O) groups excluding carboxylic acids is 1. The first-order valence-electron chi connectivity index (χ1n) is 11.2. The van der Waals surface area contributed by atoms with Crippen LogP contribution in [0.2, 0.25) is 0 Å². The lowest BCUT2D eigenvalue weighted by Crippen LogP contribution is -2.48. The second-order valence-corrected chi connectivity index (χ2v) is 14.1. The maximum absolute atomic E-state index is 13.3. The molecule has 1 fully saturated rings. The summed E-state index contributed by atoms with van der Waals surface area (Å²) in [6.45, 7) is 2.61. The van der Waals surface area contributed by atoms with E-state index in [1.165, 1.54) is 13.8 Å². The third kappa shape index (κ3) is 5.82. The minimum atomic E-state index is -4.89. The summed E-state index contributed by atoms with van der Waals surface area (Å²) in [4.78, 5) is 16.3. The molecule has 1 saturated heterocycles. The summed E-state index contributed by atoms with van der Waals surface area (Å²) in [5, 5.41) is 0. The minimum Gasteiger partial charge on any atom is -0.337 e. The van der Waals surface area contributed by atoms with Gasteiger partial charge in [-0.2, -0.15) is 26.3 Å². The quantitative estimate of drug-likeness (QED) is 0.474. The molecule has 0 bridgehead atoms. The van der Waals surface area contributed by atoms with Gasteiger partial charge in [-0.3, -0.25) is 4.79 Å². The van der Waals surface area contributed by atoms with E-state index >= 15 is 0 Å². The summed E-state index contributed by atoms with van der Waals surface area (Å²) in [5.74, 6) is -1.53. The van der Waals surface area contributed by atoms with Gasteiger partial charge < -0.3 is 4.90 Å². The number of amides is 1. The van der Waals surface area contributed by atoms with Crippen LogP contribution in [0.1, 0.15) is 48.3 Å². The van der Waals surface area contributed by atoms with Crippen LogP contribution in [0.25, 0.3) is 0 Å². The number of hydrogen-bond acceptors (Lipinski definition) is 6. The van der Waals surface area contributed by atoms with Crippen LogP contribution < -0.4 is 0 Å². The topological polar surface area (TPSA) is 101 Å². The normalized spacial score (nSPS) is 16.5. The van der Waals surface area contributed by atoms with Crippen LogP contribution in [-0.4, -0.2) is 56.7 Å². The molecular formula is C23H24F6N2O5S2. The molecular weight excluding hydrogens is 562 g/mol. The highest BCUT2D eigenvalue weighted by atomic mass is 32.2. The van der Waals surface area contributed by atoms with Crippen molar-refractivity contribution >= 4 is 25.6 Å². The Morgan fingerprint density at radius 3 is 1.97 bits per heavy atom. The van der Waals surface area contributed by atoms with Crippen molar-refractivity contribution in [2.24, 2.45) is 5.92 Å². The summed E-state index contributed by atoms with van der Waals surface area (Å²) in [6.07, 6.45) is -8.44. The van der Waals surface area contributed by atoms with Crippen LogP contribution in [0.5, 0.6) is 0 Å². The molecule has 7 nitrogen and oxygen atoms in total. The van der Waals surface area contributed by atoms with Crippen molar-refractivity contribution in [3.05, 3.63) is 53.3 Å². The van der Waals surface area contributed by atoms with Crippen LogP contribution in [0.15, 0.2) is 46.3 Å². The van der Waals surface area contributed by atoms with Crippen LogP contribution >= 0.6 is 0 Å². The smallest absolute Gasteiger partial charge is 0.337 e. The number of benzene rings is 1. The van der Waals surface area contributed by atoms with Crippen molar-refractivity contribution in [1.29, 1.82) is 0 Å². The Balaban J connectivity index is 1.84. The molecule has 1 aliphatic rings. The Kier molecular flexibility index (Phi) is 7.71. The monoisotopic (exact) mass is 586 g/mol. The van der Waals surface area contributed by atoms with Gasteiger partial charge in [0, 0.05) is 25.5 Å². The molecule has 1 amide bonds. The van der Waals surface area contributed by atoms with E-state index in [1.54, 1.807) is 0 Å². The molecule has 210 valence electrons. The van der Waals surface area contributed by atoms with E-state index in [-0.39, 0.29) is 25.9 Å². The largest absolute Gasteiger partial charge is 0.417 e. The van der Waals surface area contributed by atoms with Gasteiger partial charge in [-0.15, -0.1) is 0 Å². The molecule has 1 aliphatic heterocycles. The van der Waals surface area contributed by atoms with E-state index in [1.807, 2.05) is 0 Å². The molecule has 1 aromatic carbocycles. The zero-order valence-electron chi connectivity index (χ0n) is 20.4. The standard InChI is InChI=1S/C23H24F6N2O5S2/c1-21(2,38(35,36)17-6-4-5-15(11-17)22(24,25)26)14-7-9-31(10-8-14)20(32)19-18(37(3,33)34)12-16(13-30-19)23(27,28)29/h4-6,11-14H,7-10H2,1-3H3. The van der Waals surface area contributed by atoms with Crippen LogP contribution in [0, 0.1) is 5.92 Å². The number of sulfone groups is 2. The Hall–Kier alpha value is -2.68. The second-order valence-electron chi connectivity index (χ2n) is 9.54. The van der Waals surface area contributed by atoms with Crippen molar-refractivity contribution in [1.82, 2.24) is 9.88 Å². The van der Waals surface area contributed by atoms with Crippen molar-refractivity contribution in [2.45, 2.75) is 53.6 Å². The van der Waals surface area contributed by atoms with E-state index < -0.39 is 75.2 Å². The van der Waals surface area contributed by atoms with Gasteiger partial charge in [0.05, 0.1) is 25.7 Å². The van der Waals surface area contributed by atoms with Gasteiger partial charge in [0.25, 0.3) is 5.91 Å². The number of alkyl halides is 6. The summed E-state index contributed by atoms with van der Waals surface area (Å²) >= 11 is 0. The lowest BCUT2D eigenvalue weighted by atomic mass is 9.85. The average molecular weight is 587 g/mol. The molecule has 0 saturated carbocycles. The first-order valence-corrected chi connectivity index (χ1v) is 14.5. The number of hydrogen-bond donors (Lipinski definition) is 0. The Morgan fingerprint density at radius 1 is 0.921 bits per heavy atom. The van der Waals surface area contributed by atoms with Gasteiger partial charge >= 0.3 is 12.4 Å². The lowest BCUT2D eigenvalue weighted by Gasteiger charge is -2.40. The molecule has 15 heteroatoms. The van der Waals surface area contributed by atoms with Gasteiger partial charge in [-0.1, -0.05) is 6.07 Å². The van der Waals surface area contributed by atoms with Crippen LogP contribution in [0.4, 0.5) is 26.3 Å². The second kappa shape index (κ2) is 9.81. The van der Waals surface area contributed by atoms with Crippen molar-refractivity contribution in [3.8, 4) is 0 Å². The van der Waals surface area contributed by atoms with Crippen molar-refractivity contribution in [3.63, 3.8) is 0 Å². The Bertz CT molecular complexity index is 1440.